The number of hydrogen-bond donors (Lipinski definition) is 1. The Bertz CT molecular complexity index is 774. The molecule has 1 N–H and O–H groups in total. The summed E-state index contributed by atoms with van der Waals surface area (Å²) < 4.78 is 0. The van der Waals surface area contributed by atoms with Crippen LogP contribution in [0.1, 0.15) is 43.4 Å². The van der Waals surface area contributed by atoms with Crippen LogP contribution in [0.25, 0.3) is 6.08 Å². The molecular weight excluding hydrogens is 322 g/mol. The molecule has 1 aromatic carbocycles. The topological polar surface area (TPSA) is 54.9 Å². The van der Waals surface area contributed by atoms with Gasteiger partial charge in [-0.25, -0.2) is 9.97 Å². The zero-order chi connectivity index (χ0) is 17.9. The Balaban J connectivity index is 2.08. The number of amides is 1. The van der Waals surface area contributed by atoms with Crippen LogP contribution in [0.3, 0.4) is 0 Å². The van der Waals surface area contributed by atoms with Crippen LogP contribution >= 0.6 is 11.6 Å². The van der Waals surface area contributed by atoms with Crippen molar-refractivity contribution in [2.45, 2.75) is 40.0 Å². The van der Waals surface area contributed by atoms with Gasteiger partial charge in [0, 0.05) is 6.08 Å². The van der Waals surface area contributed by atoms with E-state index in [9.17, 15) is 4.79 Å². The maximum Gasteiger partial charge on any atom is 0.249 e. The van der Waals surface area contributed by atoms with Crippen LogP contribution in [-0.2, 0) is 10.2 Å². The van der Waals surface area contributed by atoms with Gasteiger partial charge in [0.25, 0.3) is 0 Å². The van der Waals surface area contributed by atoms with E-state index in [2.05, 4.69) is 48.2 Å². The molecule has 5 heteroatoms. The number of rotatable bonds is 3. The minimum absolute atomic E-state index is 0.110. The summed E-state index contributed by atoms with van der Waals surface area (Å²) in [7, 11) is 0. The third kappa shape index (κ3) is 4.65. The Kier molecular flexibility index (Phi) is 5.40. The van der Waals surface area contributed by atoms with Gasteiger partial charge in [-0.2, -0.15) is 0 Å². The van der Waals surface area contributed by atoms with E-state index >= 15 is 0 Å². The number of aromatic nitrogens is 2. The number of anilines is 1. The Hall–Kier alpha value is -2.20. The Morgan fingerprint density at radius 2 is 1.75 bits per heavy atom. The first-order chi connectivity index (χ1) is 11.2. The zero-order valence-corrected chi connectivity index (χ0v) is 15.4. The molecule has 0 saturated heterocycles. The second-order valence-electron chi connectivity index (χ2n) is 6.71. The summed E-state index contributed by atoms with van der Waals surface area (Å²) in [5, 5.41) is 3.05. The molecule has 0 unspecified atom stereocenters. The summed E-state index contributed by atoms with van der Waals surface area (Å²) in [4.78, 5) is 20.4. The molecule has 2 rings (SSSR count). The van der Waals surface area contributed by atoms with Crippen molar-refractivity contribution in [3.63, 3.8) is 0 Å². The Morgan fingerprint density at radius 3 is 2.33 bits per heavy atom. The fourth-order valence-corrected chi connectivity index (χ4v) is 2.34. The highest BCUT2D eigenvalue weighted by molar-refractivity contribution is 6.34. The van der Waals surface area contributed by atoms with Crippen molar-refractivity contribution in [1.82, 2.24) is 9.97 Å². The van der Waals surface area contributed by atoms with Gasteiger partial charge in [-0.05, 0) is 36.5 Å². The smallest absolute Gasteiger partial charge is 0.249 e. The molecule has 0 aliphatic rings. The molecular formula is C19H22ClN3O. The van der Waals surface area contributed by atoms with Gasteiger partial charge in [0.05, 0.1) is 5.69 Å². The summed E-state index contributed by atoms with van der Waals surface area (Å²) in [6.45, 7) is 10.0. The van der Waals surface area contributed by atoms with Crippen LogP contribution in [0.4, 0.5) is 5.82 Å². The minimum Gasteiger partial charge on any atom is -0.306 e. The van der Waals surface area contributed by atoms with Gasteiger partial charge in [-0.1, -0.05) is 56.6 Å². The van der Waals surface area contributed by atoms with Gasteiger partial charge in [-0.15, -0.1) is 0 Å². The second-order valence-corrected chi connectivity index (χ2v) is 7.09. The summed E-state index contributed by atoms with van der Waals surface area (Å²) in [5.41, 5.74) is 2.96. The van der Waals surface area contributed by atoms with Crippen LogP contribution in [0, 0.1) is 13.8 Å². The van der Waals surface area contributed by atoms with Crippen LogP contribution in [0.15, 0.2) is 30.3 Å². The lowest BCUT2D eigenvalue weighted by molar-refractivity contribution is -0.111. The monoisotopic (exact) mass is 343 g/mol. The minimum atomic E-state index is -0.283. The molecule has 0 saturated carbocycles. The molecule has 0 radical (unpaired) electrons. The van der Waals surface area contributed by atoms with Crippen molar-refractivity contribution in [3.05, 3.63) is 58.0 Å². The van der Waals surface area contributed by atoms with E-state index in [1.54, 1.807) is 19.9 Å². The van der Waals surface area contributed by atoms with Crippen molar-refractivity contribution < 1.29 is 4.79 Å². The van der Waals surface area contributed by atoms with E-state index in [4.69, 9.17) is 11.6 Å². The van der Waals surface area contributed by atoms with Gasteiger partial charge in [-0.3, -0.25) is 4.79 Å². The highest BCUT2D eigenvalue weighted by Gasteiger charge is 2.12. The molecule has 0 fully saturated rings. The maximum absolute atomic E-state index is 12.1. The fourth-order valence-electron chi connectivity index (χ4n) is 2.21. The van der Waals surface area contributed by atoms with Gasteiger partial charge in [0.15, 0.2) is 5.82 Å². The largest absolute Gasteiger partial charge is 0.306 e. The molecule has 1 aromatic heterocycles. The van der Waals surface area contributed by atoms with E-state index in [0.717, 1.165) is 5.56 Å². The Morgan fingerprint density at radius 1 is 1.12 bits per heavy atom. The van der Waals surface area contributed by atoms with Crippen molar-refractivity contribution in [1.29, 1.82) is 0 Å². The molecule has 1 amide bonds. The molecule has 0 aliphatic heterocycles. The zero-order valence-electron chi connectivity index (χ0n) is 14.6. The Labute approximate surface area is 148 Å². The summed E-state index contributed by atoms with van der Waals surface area (Å²) in [6, 6.07) is 8.14. The standard InChI is InChI=1S/C19H22ClN3O/c1-12-17(20)18(22-13(2)21-12)23-16(24)11-8-14-6-9-15(10-7-14)19(3,4)5/h6-11H,1-5H3,(H,21,22,23,24). The van der Waals surface area contributed by atoms with Crippen LogP contribution in [0.2, 0.25) is 5.02 Å². The highest BCUT2D eigenvalue weighted by Crippen LogP contribution is 2.23. The maximum atomic E-state index is 12.1. The normalized spacial score (nSPS) is 11.8. The predicted molar refractivity (Wildman–Crippen MR) is 99.3 cm³/mol. The average molecular weight is 344 g/mol. The van der Waals surface area contributed by atoms with Crippen molar-refractivity contribution >= 4 is 29.4 Å². The van der Waals surface area contributed by atoms with E-state index in [0.29, 0.717) is 22.4 Å². The molecule has 126 valence electrons. The third-order valence-electron chi connectivity index (χ3n) is 3.57. The molecule has 0 atom stereocenters. The number of halogens is 1. The van der Waals surface area contributed by atoms with Crippen LogP contribution < -0.4 is 5.32 Å². The number of benzene rings is 1. The van der Waals surface area contributed by atoms with E-state index in [1.807, 2.05) is 12.1 Å². The second kappa shape index (κ2) is 7.14. The van der Waals surface area contributed by atoms with Crippen molar-refractivity contribution in [2.75, 3.05) is 5.32 Å². The lowest BCUT2D eigenvalue weighted by Gasteiger charge is -2.18. The molecule has 0 aliphatic carbocycles. The van der Waals surface area contributed by atoms with E-state index < -0.39 is 0 Å². The quantitative estimate of drug-likeness (QED) is 0.822. The first-order valence-electron chi connectivity index (χ1n) is 7.77. The van der Waals surface area contributed by atoms with Crippen molar-refractivity contribution in [3.8, 4) is 0 Å². The van der Waals surface area contributed by atoms with Gasteiger partial charge < -0.3 is 5.32 Å². The average Bonchev–Trinajstić information content (AvgIpc) is 2.49. The van der Waals surface area contributed by atoms with E-state index in [1.165, 1.54) is 11.6 Å². The molecule has 24 heavy (non-hydrogen) atoms. The molecule has 0 spiro atoms. The van der Waals surface area contributed by atoms with E-state index in [-0.39, 0.29) is 11.3 Å². The third-order valence-corrected chi connectivity index (χ3v) is 4.03. The molecule has 4 nitrogen and oxygen atoms in total. The van der Waals surface area contributed by atoms with Gasteiger partial charge >= 0.3 is 0 Å². The lowest BCUT2D eigenvalue weighted by atomic mass is 9.87. The van der Waals surface area contributed by atoms with Crippen molar-refractivity contribution in [2.24, 2.45) is 0 Å². The van der Waals surface area contributed by atoms with Crippen LogP contribution in [-0.4, -0.2) is 15.9 Å². The number of carbonyl (C=O) groups is 1. The lowest BCUT2D eigenvalue weighted by Crippen LogP contribution is -2.11. The molecule has 0 bridgehead atoms. The number of carbonyl (C=O) groups excluding carboxylic acids is 1. The summed E-state index contributed by atoms with van der Waals surface area (Å²) in [5.74, 6) is 0.614. The number of nitrogens with one attached hydrogen (secondary N) is 1. The predicted octanol–water partition coefficient (Wildman–Crippen LogP) is 4.70. The molecule has 2 aromatic rings. The fraction of sp³-hybridized carbons (Fsp3) is 0.316. The summed E-state index contributed by atoms with van der Waals surface area (Å²) in [6.07, 6.45) is 3.23. The number of aryl methyl sites for hydroxylation is 2. The summed E-state index contributed by atoms with van der Waals surface area (Å²) >= 11 is 6.12. The first-order valence-corrected chi connectivity index (χ1v) is 8.15. The van der Waals surface area contributed by atoms with Crippen LogP contribution in [0.5, 0.6) is 0 Å². The molecule has 1 heterocycles. The van der Waals surface area contributed by atoms with Gasteiger partial charge in [0.2, 0.25) is 5.91 Å². The first kappa shape index (κ1) is 18.1. The SMILES string of the molecule is Cc1nc(C)c(Cl)c(NC(=O)C=Cc2ccc(C(C)(C)C)cc2)n1. The number of hydrogen-bond acceptors (Lipinski definition) is 3. The van der Waals surface area contributed by atoms with Gasteiger partial charge in [0.1, 0.15) is 10.8 Å². The number of nitrogens with zero attached hydrogens (tertiary/aromatic N) is 2. The highest BCUT2D eigenvalue weighted by atomic mass is 35.5.